The molecule has 0 radical (unpaired) electrons. The predicted molar refractivity (Wildman–Crippen MR) is 90.4 cm³/mol. The van der Waals surface area contributed by atoms with Gasteiger partial charge in [0.15, 0.2) is 0 Å². The average Bonchev–Trinajstić information content (AvgIpc) is 3.11. The van der Waals surface area contributed by atoms with Crippen LogP contribution in [0, 0.1) is 13.0 Å². The fraction of sp³-hybridized carbons (Fsp3) is 0.526. The maximum atomic E-state index is 9.64. The Kier molecular flexibility index (Phi) is 50.3. The van der Waals surface area contributed by atoms with Crippen LogP contribution in [0.25, 0.3) is 0 Å². The van der Waals surface area contributed by atoms with E-state index in [9.17, 15) is 10.2 Å². The van der Waals surface area contributed by atoms with Gasteiger partial charge in [0.2, 0.25) is 0 Å². The number of rotatable bonds is 7. The Morgan fingerprint density at radius 3 is 1.68 bits per heavy atom. The SMILES string of the molecule is C=CCCC[O-].C=CCCC[O-].[C-]1=CC=CC1.[CH2-]CCC.[Hf+4]. The van der Waals surface area contributed by atoms with Gasteiger partial charge in [-0.1, -0.05) is 38.3 Å². The molecule has 1 aliphatic carbocycles. The average molecular weight is 471 g/mol. The minimum Gasteiger partial charge on any atom is -0.854 e. The molecule has 0 N–H and O–H groups in total. The van der Waals surface area contributed by atoms with Crippen molar-refractivity contribution in [1.82, 2.24) is 0 Å². The van der Waals surface area contributed by atoms with E-state index in [2.05, 4.69) is 39.2 Å². The predicted octanol–water partition coefficient (Wildman–Crippen LogP) is 3.55. The third-order valence-corrected chi connectivity index (χ3v) is 2.04. The molecule has 22 heavy (non-hydrogen) atoms. The molecule has 0 saturated carbocycles. The summed E-state index contributed by atoms with van der Waals surface area (Å²) < 4.78 is 0. The molecule has 124 valence electrons. The van der Waals surface area contributed by atoms with E-state index >= 15 is 0 Å². The summed E-state index contributed by atoms with van der Waals surface area (Å²) in [6.45, 7) is 12.7. The van der Waals surface area contributed by atoms with Gasteiger partial charge >= 0.3 is 25.8 Å². The van der Waals surface area contributed by atoms with Gasteiger partial charge < -0.3 is 17.1 Å². The number of unbranched alkanes of at least 4 members (excludes halogenated alkanes) is 3. The van der Waals surface area contributed by atoms with Crippen molar-refractivity contribution in [3.05, 3.63) is 56.5 Å². The third-order valence-electron chi connectivity index (χ3n) is 2.04. The molecule has 0 spiro atoms. The Labute approximate surface area is 157 Å². The van der Waals surface area contributed by atoms with Gasteiger partial charge in [-0.3, -0.25) is 6.08 Å². The normalized spacial score (nSPS) is 9.82. The van der Waals surface area contributed by atoms with Crippen LogP contribution in [-0.4, -0.2) is 13.2 Å². The standard InChI is InChI=1S/2C5H9O.C5H5.C4H9.Hf/c2*1-2-3-4-5-6;1-2-4-5-3-1;1-3-4-2;/h2*2H,1,3-5H2;1-3H,4H2;1,3-4H2,2H3;/q4*-1;+4. The maximum absolute atomic E-state index is 9.64. The number of hydrogen-bond donors (Lipinski definition) is 0. The van der Waals surface area contributed by atoms with Crippen LogP contribution in [0.3, 0.4) is 0 Å². The van der Waals surface area contributed by atoms with Crippen LogP contribution < -0.4 is 10.2 Å². The van der Waals surface area contributed by atoms with Gasteiger partial charge in [-0.2, -0.15) is 12.5 Å². The van der Waals surface area contributed by atoms with Gasteiger partial charge in [-0.05, 0) is 12.8 Å². The second kappa shape index (κ2) is 37.2. The van der Waals surface area contributed by atoms with Crippen LogP contribution >= 0.6 is 0 Å². The molecule has 0 aromatic rings. The first-order valence-electron chi connectivity index (χ1n) is 7.63. The molecule has 0 unspecified atom stereocenters. The van der Waals surface area contributed by atoms with Crippen molar-refractivity contribution >= 4 is 0 Å². The Morgan fingerprint density at radius 2 is 1.59 bits per heavy atom. The summed E-state index contributed by atoms with van der Waals surface area (Å²) >= 11 is 0. The minimum absolute atomic E-state index is 0. The monoisotopic (exact) mass is 472 g/mol. The summed E-state index contributed by atoms with van der Waals surface area (Å²) in [6.07, 6.45) is 19.0. The summed E-state index contributed by atoms with van der Waals surface area (Å²) in [7, 11) is 0. The molecule has 1 aliphatic rings. The molecule has 0 saturated heterocycles. The van der Waals surface area contributed by atoms with Crippen LogP contribution in [0.15, 0.2) is 43.5 Å². The van der Waals surface area contributed by atoms with Crippen molar-refractivity contribution in [3.8, 4) is 0 Å². The Balaban J connectivity index is -0.0000000977. The largest absolute Gasteiger partial charge is 4.00 e. The molecule has 0 heterocycles. The van der Waals surface area contributed by atoms with E-state index in [4.69, 9.17) is 0 Å². The van der Waals surface area contributed by atoms with Crippen LogP contribution in [0.5, 0.6) is 0 Å². The Bertz CT molecular complexity index is 212. The van der Waals surface area contributed by atoms with Gasteiger partial charge in [0.05, 0.1) is 0 Å². The summed E-state index contributed by atoms with van der Waals surface area (Å²) in [6, 6.07) is 0. The summed E-state index contributed by atoms with van der Waals surface area (Å²) in [5.74, 6) is 0. The van der Waals surface area contributed by atoms with Crippen LogP contribution in [-0.2, 0) is 25.8 Å². The zero-order valence-corrected chi connectivity index (χ0v) is 17.8. The second-order valence-corrected chi connectivity index (χ2v) is 4.13. The second-order valence-electron chi connectivity index (χ2n) is 4.13. The molecule has 0 aliphatic heterocycles. The fourth-order valence-electron chi connectivity index (χ4n) is 0.796. The smallest absolute Gasteiger partial charge is 0.854 e. The minimum atomic E-state index is 0. The van der Waals surface area contributed by atoms with Gasteiger partial charge in [0.25, 0.3) is 0 Å². The molecule has 3 heteroatoms. The van der Waals surface area contributed by atoms with Crippen LogP contribution in [0.2, 0.25) is 0 Å². The van der Waals surface area contributed by atoms with E-state index in [0.717, 1.165) is 38.5 Å². The Hall–Kier alpha value is -0.250. The zero-order valence-electron chi connectivity index (χ0n) is 14.2. The fourth-order valence-corrected chi connectivity index (χ4v) is 0.796. The van der Waals surface area contributed by atoms with E-state index in [1.54, 1.807) is 12.2 Å². The summed E-state index contributed by atoms with van der Waals surface area (Å²) in [5, 5.41) is 19.3. The van der Waals surface area contributed by atoms with Gasteiger partial charge in [0, 0.05) is 0 Å². The zero-order chi connectivity index (χ0) is 16.6. The van der Waals surface area contributed by atoms with E-state index < -0.39 is 0 Å². The number of hydrogen-bond acceptors (Lipinski definition) is 2. The molecule has 0 aromatic carbocycles. The van der Waals surface area contributed by atoms with Gasteiger partial charge in [0.1, 0.15) is 0 Å². The van der Waals surface area contributed by atoms with E-state index in [-0.39, 0.29) is 39.1 Å². The molecule has 0 amide bonds. The van der Waals surface area contributed by atoms with Crippen molar-refractivity contribution in [3.63, 3.8) is 0 Å². The first-order valence-corrected chi connectivity index (χ1v) is 7.63. The van der Waals surface area contributed by atoms with E-state index in [1.165, 1.54) is 6.42 Å². The molecule has 1 rings (SSSR count). The van der Waals surface area contributed by atoms with Gasteiger partial charge in [-0.15, -0.1) is 32.8 Å². The Morgan fingerprint density at radius 1 is 1.14 bits per heavy atom. The number of allylic oxidation sites excluding steroid dienone is 6. The van der Waals surface area contributed by atoms with Crippen molar-refractivity contribution in [2.45, 2.75) is 51.9 Å². The molecule has 0 atom stereocenters. The van der Waals surface area contributed by atoms with Crippen molar-refractivity contribution in [2.24, 2.45) is 0 Å². The molecular weight excluding hydrogens is 439 g/mol. The third kappa shape index (κ3) is 50.3. The maximum Gasteiger partial charge on any atom is 4.00 e. The first kappa shape index (κ1) is 29.7. The molecule has 0 aromatic heterocycles. The molecular formula is C19H32HfO2. The van der Waals surface area contributed by atoms with E-state index in [1.807, 2.05) is 12.2 Å². The van der Waals surface area contributed by atoms with Crippen LogP contribution in [0.1, 0.15) is 51.9 Å². The summed E-state index contributed by atoms with van der Waals surface area (Å²) in [5.41, 5.74) is 0. The van der Waals surface area contributed by atoms with E-state index in [0.29, 0.717) is 0 Å². The molecule has 2 nitrogen and oxygen atoms in total. The topological polar surface area (TPSA) is 46.1 Å². The molecule has 0 bridgehead atoms. The first-order chi connectivity index (χ1) is 10.2. The van der Waals surface area contributed by atoms with Crippen molar-refractivity contribution in [1.29, 1.82) is 0 Å². The molecule has 0 fully saturated rings. The quantitative estimate of drug-likeness (QED) is 0.247. The van der Waals surface area contributed by atoms with Crippen molar-refractivity contribution < 1.29 is 36.1 Å². The van der Waals surface area contributed by atoms with Gasteiger partial charge in [-0.25, -0.2) is 12.2 Å². The summed E-state index contributed by atoms with van der Waals surface area (Å²) in [4.78, 5) is 0. The van der Waals surface area contributed by atoms with Crippen molar-refractivity contribution in [2.75, 3.05) is 13.2 Å². The van der Waals surface area contributed by atoms with Crippen LogP contribution in [0.4, 0.5) is 0 Å².